The van der Waals surface area contributed by atoms with Crippen LogP contribution in [-0.4, -0.2) is 39.6 Å². The largest absolute Gasteiger partial charge is 0.435 e. The molecule has 6 nitrogen and oxygen atoms in total. The quantitative estimate of drug-likeness (QED) is 0.430. The predicted octanol–water partition coefficient (Wildman–Crippen LogP) is 4.85. The number of likely N-dealkylation sites (tertiary alicyclic amines) is 1. The van der Waals surface area contributed by atoms with Gasteiger partial charge in [0, 0.05) is 43.3 Å². The zero-order chi connectivity index (χ0) is 24.0. The van der Waals surface area contributed by atoms with Crippen LogP contribution in [-0.2, 0) is 7.05 Å². The number of nitrogens with zero attached hydrogens (tertiary/aromatic N) is 3. The first kappa shape index (κ1) is 22.1. The molecule has 1 amide bonds. The van der Waals surface area contributed by atoms with Gasteiger partial charge in [0.25, 0.3) is 11.5 Å². The minimum absolute atomic E-state index is 0.0364. The summed E-state index contributed by atoms with van der Waals surface area (Å²) in [4.78, 5) is 28.8. The highest BCUT2D eigenvalue weighted by molar-refractivity contribution is 6.07. The smallest absolute Gasteiger partial charge is 0.387 e. The van der Waals surface area contributed by atoms with E-state index < -0.39 is 18.0 Å². The predicted molar refractivity (Wildman–Crippen MR) is 122 cm³/mol. The van der Waals surface area contributed by atoms with Crippen LogP contribution in [0.4, 0.5) is 13.2 Å². The summed E-state index contributed by atoms with van der Waals surface area (Å²) in [6, 6.07) is 8.30. The Morgan fingerprint density at radius 1 is 1.00 bits per heavy atom. The summed E-state index contributed by atoms with van der Waals surface area (Å²) < 4.78 is 47.6. The molecule has 1 fully saturated rings. The molecule has 0 saturated carbocycles. The van der Waals surface area contributed by atoms with Crippen molar-refractivity contribution >= 4 is 27.6 Å². The van der Waals surface area contributed by atoms with Crippen molar-refractivity contribution in [1.29, 1.82) is 0 Å². The molecule has 3 heterocycles. The number of aryl methyl sites for hydroxylation is 1. The molecule has 1 saturated heterocycles. The van der Waals surface area contributed by atoms with Gasteiger partial charge in [-0.05, 0) is 55.7 Å². The maximum absolute atomic E-state index is 14.5. The molecule has 176 valence electrons. The summed E-state index contributed by atoms with van der Waals surface area (Å²) >= 11 is 0. The number of amides is 1. The van der Waals surface area contributed by atoms with Crippen LogP contribution in [0.2, 0.25) is 0 Å². The first-order chi connectivity index (χ1) is 16.3. The maximum Gasteiger partial charge on any atom is 0.387 e. The van der Waals surface area contributed by atoms with Gasteiger partial charge in [0.05, 0.1) is 22.2 Å². The van der Waals surface area contributed by atoms with Crippen molar-refractivity contribution in [2.75, 3.05) is 13.1 Å². The van der Waals surface area contributed by atoms with Crippen LogP contribution >= 0.6 is 0 Å². The second-order valence-electron chi connectivity index (χ2n) is 8.44. The fourth-order valence-electron chi connectivity index (χ4n) is 4.63. The molecular formula is C25H22F3N3O3. The molecular weight excluding hydrogens is 447 g/mol. The van der Waals surface area contributed by atoms with Crippen molar-refractivity contribution in [3.63, 3.8) is 0 Å². The average molecular weight is 469 g/mol. The van der Waals surface area contributed by atoms with E-state index in [9.17, 15) is 22.8 Å². The molecule has 1 aliphatic rings. The van der Waals surface area contributed by atoms with Crippen LogP contribution in [0.25, 0.3) is 27.4 Å². The number of halogens is 3. The molecule has 9 heteroatoms. The van der Waals surface area contributed by atoms with E-state index >= 15 is 0 Å². The number of piperidine rings is 1. The third-order valence-corrected chi connectivity index (χ3v) is 6.29. The lowest BCUT2D eigenvalue weighted by atomic mass is 10.0. The highest BCUT2D eigenvalue weighted by Gasteiger charge is 2.24. The summed E-state index contributed by atoms with van der Waals surface area (Å²) in [6.07, 6.45) is 5.96. The molecule has 4 aromatic rings. The Morgan fingerprint density at radius 2 is 1.76 bits per heavy atom. The Bertz CT molecular complexity index is 1470. The second kappa shape index (κ2) is 8.55. The van der Waals surface area contributed by atoms with E-state index in [1.54, 1.807) is 28.8 Å². The van der Waals surface area contributed by atoms with Gasteiger partial charge in [-0.15, -0.1) is 0 Å². The molecule has 0 unspecified atom stereocenters. The zero-order valence-electron chi connectivity index (χ0n) is 18.4. The number of ether oxygens (including phenoxy) is 1. The summed E-state index contributed by atoms with van der Waals surface area (Å²) in [5, 5.41) is 0.982. The molecule has 2 aromatic carbocycles. The van der Waals surface area contributed by atoms with Gasteiger partial charge in [0.1, 0.15) is 11.6 Å². The van der Waals surface area contributed by atoms with E-state index in [-0.39, 0.29) is 28.3 Å². The molecule has 0 spiro atoms. The summed E-state index contributed by atoms with van der Waals surface area (Å²) in [6.45, 7) is -1.88. The van der Waals surface area contributed by atoms with Crippen molar-refractivity contribution in [1.82, 2.24) is 14.0 Å². The topological polar surface area (TPSA) is 56.5 Å². The molecule has 1 aliphatic heterocycles. The van der Waals surface area contributed by atoms with Crippen LogP contribution < -0.4 is 10.3 Å². The van der Waals surface area contributed by atoms with Crippen molar-refractivity contribution < 1.29 is 22.7 Å². The maximum atomic E-state index is 14.5. The van der Waals surface area contributed by atoms with Gasteiger partial charge >= 0.3 is 6.61 Å². The fourth-order valence-corrected chi connectivity index (χ4v) is 4.63. The Labute approximate surface area is 192 Å². The van der Waals surface area contributed by atoms with Crippen LogP contribution in [0.15, 0.2) is 53.6 Å². The number of carbonyl (C=O) groups excluding carboxylic acids is 1. The minimum Gasteiger partial charge on any atom is -0.435 e. The number of pyridine rings is 1. The van der Waals surface area contributed by atoms with E-state index in [4.69, 9.17) is 0 Å². The van der Waals surface area contributed by atoms with Gasteiger partial charge in [-0.25, -0.2) is 4.39 Å². The third kappa shape index (κ3) is 3.81. The van der Waals surface area contributed by atoms with E-state index in [1.807, 2.05) is 0 Å². The van der Waals surface area contributed by atoms with Crippen molar-refractivity contribution in [2.45, 2.75) is 25.9 Å². The molecule has 2 aromatic heterocycles. The monoisotopic (exact) mass is 469 g/mol. The summed E-state index contributed by atoms with van der Waals surface area (Å²) in [7, 11) is 1.76. The molecule has 0 aliphatic carbocycles. The third-order valence-electron chi connectivity index (χ3n) is 6.29. The molecule has 0 radical (unpaired) electrons. The van der Waals surface area contributed by atoms with Crippen molar-refractivity contribution in [2.24, 2.45) is 7.05 Å². The van der Waals surface area contributed by atoms with Gasteiger partial charge in [-0.1, -0.05) is 0 Å². The standard InChI is InChI=1S/C25H22F3N3O3/c1-29-10-7-18-21(29)11-15(26)12-22(18)31-14-20(23(32)30-8-3-2-4-9-30)17-6-5-16(34-25(27)28)13-19(17)24(31)33/h5-7,10-14,25H,2-4,8-9H2,1H3. The van der Waals surface area contributed by atoms with E-state index in [2.05, 4.69) is 4.74 Å². The van der Waals surface area contributed by atoms with E-state index in [1.165, 1.54) is 41.1 Å². The molecule has 0 N–H and O–H groups in total. The number of benzene rings is 2. The first-order valence-corrected chi connectivity index (χ1v) is 11.0. The highest BCUT2D eigenvalue weighted by Crippen LogP contribution is 2.28. The lowest BCUT2D eigenvalue weighted by Gasteiger charge is -2.27. The van der Waals surface area contributed by atoms with Crippen LogP contribution in [0.5, 0.6) is 5.75 Å². The number of hydrogen-bond acceptors (Lipinski definition) is 3. The van der Waals surface area contributed by atoms with Gasteiger partial charge in [0.2, 0.25) is 0 Å². The molecule has 0 bridgehead atoms. The Kier molecular flexibility index (Phi) is 5.55. The van der Waals surface area contributed by atoms with Gasteiger partial charge < -0.3 is 14.2 Å². The van der Waals surface area contributed by atoms with Crippen molar-refractivity contribution in [3.8, 4) is 11.4 Å². The molecule has 34 heavy (non-hydrogen) atoms. The van der Waals surface area contributed by atoms with Gasteiger partial charge in [0.15, 0.2) is 0 Å². The normalized spacial score (nSPS) is 14.3. The first-order valence-electron chi connectivity index (χ1n) is 11.0. The van der Waals surface area contributed by atoms with Crippen LogP contribution in [0, 0.1) is 5.82 Å². The van der Waals surface area contributed by atoms with Gasteiger partial charge in [-0.2, -0.15) is 8.78 Å². The van der Waals surface area contributed by atoms with Crippen molar-refractivity contribution in [3.05, 3.63) is 70.5 Å². The highest BCUT2D eigenvalue weighted by atomic mass is 19.3. The number of rotatable bonds is 4. The zero-order valence-corrected chi connectivity index (χ0v) is 18.4. The van der Waals surface area contributed by atoms with E-state index in [0.717, 1.165) is 19.3 Å². The lowest BCUT2D eigenvalue weighted by Crippen LogP contribution is -2.36. The fraction of sp³-hybridized carbons (Fsp3) is 0.280. The Morgan fingerprint density at radius 3 is 2.50 bits per heavy atom. The summed E-state index contributed by atoms with van der Waals surface area (Å²) in [5.41, 5.74) is 0.505. The number of alkyl halides is 2. The minimum atomic E-state index is -3.06. The SMILES string of the molecule is Cn1ccc2c(-n3cc(C(=O)N4CCCCC4)c4ccc(OC(F)F)cc4c3=O)cc(F)cc21. The number of carbonyl (C=O) groups is 1. The van der Waals surface area contributed by atoms with Crippen LogP contribution in [0.1, 0.15) is 29.6 Å². The number of aromatic nitrogens is 2. The summed E-state index contributed by atoms with van der Waals surface area (Å²) in [5.74, 6) is -1.01. The number of fused-ring (bicyclic) bond motifs is 2. The Balaban J connectivity index is 1.79. The van der Waals surface area contributed by atoms with Crippen LogP contribution in [0.3, 0.4) is 0 Å². The second-order valence-corrected chi connectivity index (χ2v) is 8.44. The van der Waals surface area contributed by atoms with E-state index in [0.29, 0.717) is 29.4 Å². The number of hydrogen-bond donors (Lipinski definition) is 0. The molecule has 0 atom stereocenters. The Hall–Kier alpha value is -3.75. The van der Waals surface area contributed by atoms with Gasteiger partial charge in [-0.3, -0.25) is 14.2 Å². The lowest BCUT2D eigenvalue weighted by molar-refractivity contribution is -0.0497. The average Bonchev–Trinajstić information content (AvgIpc) is 3.19. The molecule has 5 rings (SSSR count).